The maximum atomic E-state index is 12.5. The fraction of sp³-hybridized carbons (Fsp3) is 1.00. The van der Waals surface area contributed by atoms with Gasteiger partial charge in [-0.1, -0.05) is 19.8 Å². The van der Waals surface area contributed by atoms with E-state index in [4.69, 9.17) is 0 Å². The Bertz CT molecular complexity index is 320. The SMILES string of the molecule is CC1CCCC(S(=O)(=O)C2CCNCC2)C1. The highest BCUT2D eigenvalue weighted by atomic mass is 32.2. The molecule has 1 aliphatic heterocycles. The van der Waals surface area contributed by atoms with Crippen LogP contribution in [-0.2, 0) is 9.84 Å². The first kappa shape index (κ1) is 12.4. The molecule has 2 atom stereocenters. The van der Waals surface area contributed by atoms with E-state index in [1.807, 2.05) is 0 Å². The second-order valence-electron chi connectivity index (χ2n) is 5.43. The molecule has 2 fully saturated rings. The molecule has 1 aliphatic carbocycles. The van der Waals surface area contributed by atoms with Gasteiger partial charge in [0.2, 0.25) is 0 Å². The van der Waals surface area contributed by atoms with Gasteiger partial charge in [0.1, 0.15) is 0 Å². The molecule has 94 valence electrons. The molecular weight excluding hydrogens is 222 g/mol. The summed E-state index contributed by atoms with van der Waals surface area (Å²) in [6.45, 7) is 3.92. The lowest BCUT2D eigenvalue weighted by molar-refractivity contribution is 0.376. The van der Waals surface area contributed by atoms with Crippen LogP contribution in [0.15, 0.2) is 0 Å². The number of hydrogen-bond acceptors (Lipinski definition) is 3. The van der Waals surface area contributed by atoms with Crippen molar-refractivity contribution >= 4 is 9.84 Å². The van der Waals surface area contributed by atoms with E-state index in [-0.39, 0.29) is 10.5 Å². The van der Waals surface area contributed by atoms with E-state index in [2.05, 4.69) is 12.2 Å². The van der Waals surface area contributed by atoms with Gasteiger partial charge < -0.3 is 5.32 Å². The second kappa shape index (κ2) is 5.05. The minimum absolute atomic E-state index is 0.0423. The van der Waals surface area contributed by atoms with Crippen LogP contribution in [0.1, 0.15) is 45.4 Å². The summed E-state index contributed by atoms with van der Waals surface area (Å²) in [4.78, 5) is 0. The normalized spacial score (nSPS) is 33.8. The molecule has 1 saturated carbocycles. The van der Waals surface area contributed by atoms with Crippen molar-refractivity contribution in [2.24, 2.45) is 5.92 Å². The fourth-order valence-electron chi connectivity index (χ4n) is 3.07. The molecule has 0 bridgehead atoms. The lowest BCUT2D eigenvalue weighted by Gasteiger charge is -2.31. The van der Waals surface area contributed by atoms with E-state index in [1.165, 1.54) is 6.42 Å². The molecule has 0 amide bonds. The summed E-state index contributed by atoms with van der Waals surface area (Å²) in [5.74, 6) is 0.593. The largest absolute Gasteiger partial charge is 0.317 e. The van der Waals surface area contributed by atoms with Crippen LogP contribution in [0.25, 0.3) is 0 Å². The zero-order chi connectivity index (χ0) is 11.6. The summed E-state index contributed by atoms with van der Waals surface area (Å²) in [7, 11) is -2.86. The van der Waals surface area contributed by atoms with E-state index in [0.717, 1.165) is 45.2 Å². The Hall–Kier alpha value is -0.0900. The molecule has 2 rings (SSSR count). The topological polar surface area (TPSA) is 46.2 Å². The van der Waals surface area contributed by atoms with Gasteiger partial charge in [-0.2, -0.15) is 0 Å². The lowest BCUT2D eigenvalue weighted by Crippen LogP contribution is -2.41. The van der Waals surface area contributed by atoms with Crippen LogP contribution in [0.3, 0.4) is 0 Å². The lowest BCUT2D eigenvalue weighted by atomic mass is 9.90. The van der Waals surface area contributed by atoms with Crippen molar-refractivity contribution < 1.29 is 8.42 Å². The summed E-state index contributed by atoms with van der Waals surface area (Å²) < 4.78 is 24.9. The molecule has 3 nitrogen and oxygen atoms in total. The molecule has 0 spiro atoms. The van der Waals surface area contributed by atoms with Gasteiger partial charge in [0.25, 0.3) is 0 Å². The second-order valence-corrected chi connectivity index (χ2v) is 7.94. The molecule has 1 heterocycles. The molecule has 0 aromatic heterocycles. The Morgan fingerprint density at radius 3 is 2.31 bits per heavy atom. The number of hydrogen-bond donors (Lipinski definition) is 1. The third kappa shape index (κ3) is 2.59. The van der Waals surface area contributed by atoms with Gasteiger partial charge >= 0.3 is 0 Å². The quantitative estimate of drug-likeness (QED) is 0.806. The Morgan fingerprint density at radius 1 is 1.00 bits per heavy atom. The van der Waals surface area contributed by atoms with Gasteiger partial charge in [0, 0.05) is 0 Å². The third-order valence-corrected chi connectivity index (χ3v) is 6.86. The number of rotatable bonds is 2. The Kier molecular flexibility index (Phi) is 3.90. The maximum absolute atomic E-state index is 12.5. The average molecular weight is 245 g/mol. The minimum atomic E-state index is -2.86. The average Bonchev–Trinajstić information content (AvgIpc) is 2.30. The van der Waals surface area contributed by atoms with E-state index in [1.54, 1.807) is 0 Å². The van der Waals surface area contributed by atoms with E-state index < -0.39 is 9.84 Å². The Labute approximate surface area is 98.9 Å². The molecule has 4 heteroatoms. The molecule has 0 radical (unpaired) electrons. The first-order valence-corrected chi connectivity index (χ1v) is 8.15. The van der Waals surface area contributed by atoms with Gasteiger partial charge in [-0.25, -0.2) is 8.42 Å². The number of nitrogens with one attached hydrogen (secondary N) is 1. The zero-order valence-corrected chi connectivity index (χ0v) is 10.9. The van der Waals surface area contributed by atoms with Gasteiger partial charge in [-0.05, 0) is 44.7 Å². The molecule has 2 unspecified atom stereocenters. The number of sulfone groups is 1. The van der Waals surface area contributed by atoms with Crippen LogP contribution in [-0.4, -0.2) is 32.0 Å². The maximum Gasteiger partial charge on any atom is 0.156 e. The smallest absolute Gasteiger partial charge is 0.156 e. The molecule has 16 heavy (non-hydrogen) atoms. The first-order valence-electron chi connectivity index (χ1n) is 6.54. The molecule has 2 aliphatic rings. The molecule has 1 N–H and O–H groups in total. The van der Waals surface area contributed by atoms with Gasteiger partial charge in [-0.3, -0.25) is 0 Å². The highest BCUT2D eigenvalue weighted by molar-refractivity contribution is 7.92. The predicted molar refractivity (Wildman–Crippen MR) is 66.2 cm³/mol. The predicted octanol–water partition coefficient (Wildman–Crippen LogP) is 1.73. The van der Waals surface area contributed by atoms with Crippen LogP contribution in [0.5, 0.6) is 0 Å². The molecule has 0 aromatic rings. The van der Waals surface area contributed by atoms with E-state index >= 15 is 0 Å². The Morgan fingerprint density at radius 2 is 1.69 bits per heavy atom. The number of piperidine rings is 1. The standard InChI is InChI=1S/C12H23NO2S/c1-10-3-2-4-12(9-10)16(14,15)11-5-7-13-8-6-11/h10-13H,2-9H2,1H3. The minimum Gasteiger partial charge on any atom is -0.317 e. The van der Waals surface area contributed by atoms with Gasteiger partial charge in [-0.15, -0.1) is 0 Å². The van der Waals surface area contributed by atoms with Gasteiger partial charge in [0.05, 0.1) is 10.5 Å². The fourth-order valence-corrected chi connectivity index (χ4v) is 5.60. The first-order chi connectivity index (χ1) is 7.60. The summed E-state index contributed by atoms with van der Waals surface area (Å²) in [5, 5.41) is 3.13. The monoisotopic (exact) mass is 245 g/mol. The van der Waals surface area contributed by atoms with Crippen LogP contribution in [0.4, 0.5) is 0 Å². The van der Waals surface area contributed by atoms with Crippen LogP contribution < -0.4 is 5.32 Å². The zero-order valence-electron chi connectivity index (χ0n) is 10.1. The van der Waals surface area contributed by atoms with E-state index in [0.29, 0.717) is 5.92 Å². The van der Waals surface area contributed by atoms with Crippen molar-refractivity contribution in [2.45, 2.75) is 55.9 Å². The highest BCUT2D eigenvalue weighted by Crippen LogP contribution is 2.32. The highest BCUT2D eigenvalue weighted by Gasteiger charge is 2.36. The summed E-state index contributed by atoms with van der Waals surface area (Å²) in [6, 6.07) is 0. The van der Waals surface area contributed by atoms with Crippen molar-refractivity contribution in [2.75, 3.05) is 13.1 Å². The Balaban J connectivity index is 2.05. The van der Waals surface area contributed by atoms with Crippen LogP contribution >= 0.6 is 0 Å². The van der Waals surface area contributed by atoms with Crippen LogP contribution in [0, 0.1) is 5.92 Å². The third-order valence-electron chi connectivity index (χ3n) is 4.10. The molecule has 1 saturated heterocycles. The van der Waals surface area contributed by atoms with Crippen molar-refractivity contribution in [1.29, 1.82) is 0 Å². The van der Waals surface area contributed by atoms with Crippen molar-refractivity contribution in [3.63, 3.8) is 0 Å². The van der Waals surface area contributed by atoms with Crippen molar-refractivity contribution in [3.8, 4) is 0 Å². The summed E-state index contributed by atoms with van der Waals surface area (Å²) >= 11 is 0. The van der Waals surface area contributed by atoms with Crippen molar-refractivity contribution in [3.05, 3.63) is 0 Å². The molecular formula is C12H23NO2S. The van der Waals surface area contributed by atoms with Crippen molar-refractivity contribution in [1.82, 2.24) is 5.32 Å². The van der Waals surface area contributed by atoms with E-state index in [9.17, 15) is 8.42 Å². The molecule has 0 aromatic carbocycles. The summed E-state index contributed by atoms with van der Waals surface area (Å²) in [6.07, 6.45) is 5.72. The van der Waals surface area contributed by atoms with Crippen LogP contribution in [0.2, 0.25) is 0 Å². The summed E-state index contributed by atoms with van der Waals surface area (Å²) in [5.41, 5.74) is 0. The van der Waals surface area contributed by atoms with Gasteiger partial charge in [0.15, 0.2) is 9.84 Å².